The van der Waals surface area contributed by atoms with Crippen LogP contribution in [0.1, 0.15) is 33.1 Å². The summed E-state index contributed by atoms with van der Waals surface area (Å²) in [6.45, 7) is 8.85. The second-order valence-electron chi connectivity index (χ2n) is 7.61. The van der Waals surface area contributed by atoms with E-state index in [0.717, 1.165) is 6.42 Å². The second-order valence-corrected chi connectivity index (χ2v) is 7.61. The molecule has 0 aliphatic carbocycles. The van der Waals surface area contributed by atoms with Crippen molar-refractivity contribution in [2.75, 3.05) is 46.0 Å². The summed E-state index contributed by atoms with van der Waals surface area (Å²) in [6.07, 6.45) is 2.06. The lowest BCUT2D eigenvalue weighted by Gasteiger charge is -2.47. The van der Waals surface area contributed by atoms with E-state index in [4.69, 9.17) is 9.47 Å². The molecule has 6 nitrogen and oxygen atoms in total. The van der Waals surface area contributed by atoms with Gasteiger partial charge in [0.2, 0.25) is 11.8 Å². The van der Waals surface area contributed by atoms with Gasteiger partial charge in [-0.25, -0.2) is 0 Å². The fourth-order valence-electron chi connectivity index (χ4n) is 3.78. The molecule has 2 amide bonds. The Kier molecular flexibility index (Phi) is 4.92. The summed E-state index contributed by atoms with van der Waals surface area (Å²) >= 11 is 0. The highest BCUT2D eigenvalue weighted by molar-refractivity contribution is 5.78. The number of carbonyl (C=O) groups is 2. The molecule has 0 N–H and O–H groups in total. The average molecular weight is 324 g/mol. The van der Waals surface area contributed by atoms with Crippen LogP contribution in [0.5, 0.6) is 0 Å². The number of amides is 2. The maximum Gasteiger partial charge on any atom is 0.223 e. The average Bonchev–Trinajstić information content (AvgIpc) is 2.90. The van der Waals surface area contributed by atoms with E-state index in [9.17, 15) is 9.59 Å². The maximum atomic E-state index is 12.3. The van der Waals surface area contributed by atoms with Gasteiger partial charge in [0.15, 0.2) is 0 Å². The Morgan fingerprint density at radius 1 is 1.13 bits per heavy atom. The highest BCUT2D eigenvalue weighted by Crippen LogP contribution is 2.39. The fraction of sp³-hybridized carbons (Fsp3) is 0.882. The highest BCUT2D eigenvalue weighted by atomic mass is 16.5. The molecule has 0 aromatic rings. The van der Waals surface area contributed by atoms with Crippen molar-refractivity contribution < 1.29 is 19.1 Å². The standard InChI is InChI=1S/C17H28N2O4/c1-13(2)7-15(20)19-11-17(12-19)9-14(10-23-17)8-16(21)18-3-5-22-6-4-18/h13-14H,3-12H2,1-2H3. The molecule has 3 aliphatic rings. The molecule has 130 valence electrons. The predicted molar refractivity (Wildman–Crippen MR) is 84.8 cm³/mol. The van der Waals surface area contributed by atoms with Gasteiger partial charge in [0.25, 0.3) is 0 Å². The van der Waals surface area contributed by atoms with Crippen LogP contribution in [0.4, 0.5) is 0 Å². The summed E-state index contributed by atoms with van der Waals surface area (Å²) in [6, 6.07) is 0. The van der Waals surface area contributed by atoms with Crippen molar-refractivity contribution >= 4 is 11.8 Å². The summed E-state index contributed by atoms with van der Waals surface area (Å²) < 4.78 is 11.3. The Morgan fingerprint density at radius 3 is 2.48 bits per heavy atom. The Balaban J connectivity index is 1.43. The number of ether oxygens (including phenoxy) is 2. The Morgan fingerprint density at radius 2 is 1.83 bits per heavy atom. The molecule has 3 saturated heterocycles. The lowest BCUT2D eigenvalue weighted by Crippen LogP contribution is -2.63. The van der Waals surface area contributed by atoms with Crippen molar-refractivity contribution in [3.8, 4) is 0 Å². The topological polar surface area (TPSA) is 59.1 Å². The first kappa shape index (κ1) is 16.7. The van der Waals surface area contributed by atoms with Gasteiger partial charge in [-0.05, 0) is 18.3 Å². The molecule has 6 heteroatoms. The summed E-state index contributed by atoms with van der Waals surface area (Å²) in [4.78, 5) is 28.1. The van der Waals surface area contributed by atoms with Crippen molar-refractivity contribution in [1.29, 1.82) is 0 Å². The highest BCUT2D eigenvalue weighted by Gasteiger charge is 2.51. The molecule has 0 bridgehead atoms. The zero-order valence-corrected chi connectivity index (χ0v) is 14.3. The second kappa shape index (κ2) is 6.77. The number of hydrogen-bond acceptors (Lipinski definition) is 4. The minimum atomic E-state index is -0.178. The monoisotopic (exact) mass is 324 g/mol. The molecule has 0 aromatic heterocycles. The first-order valence-electron chi connectivity index (χ1n) is 8.75. The summed E-state index contributed by atoms with van der Waals surface area (Å²) in [5.74, 6) is 1.11. The van der Waals surface area contributed by atoms with E-state index in [2.05, 4.69) is 13.8 Å². The van der Waals surface area contributed by atoms with Crippen LogP contribution in [-0.4, -0.2) is 73.2 Å². The molecule has 0 saturated carbocycles. The van der Waals surface area contributed by atoms with Crippen molar-refractivity contribution in [3.05, 3.63) is 0 Å². The lowest BCUT2D eigenvalue weighted by atomic mass is 9.85. The molecule has 0 aromatic carbocycles. The van der Waals surface area contributed by atoms with E-state index in [0.29, 0.717) is 64.8 Å². The SMILES string of the molecule is CC(C)CC(=O)N1CC2(CC(CC(=O)N3CCOCC3)CO2)C1. The normalized spacial score (nSPS) is 26.7. The zero-order valence-electron chi connectivity index (χ0n) is 14.3. The summed E-state index contributed by atoms with van der Waals surface area (Å²) in [5.41, 5.74) is -0.178. The van der Waals surface area contributed by atoms with Gasteiger partial charge < -0.3 is 19.3 Å². The van der Waals surface area contributed by atoms with E-state index >= 15 is 0 Å². The van der Waals surface area contributed by atoms with Gasteiger partial charge in [0.1, 0.15) is 5.60 Å². The smallest absolute Gasteiger partial charge is 0.223 e. The van der Waals surface area contributed by atoms with Crippen LogP contribution >= 0.6 is 0 Å². The van der Waals surface area contributed by atoms with Crippen LogP contribution in [0.3, 0.4) is 0 Å². The van der Waals surface area contributed by atoms with Crippen LogP contribution in [0.25, 0.3) is 0 Å². The zero-order chi connectivity index (χ0) is 16.4. The number of rotatable bonds is 4. The summed E-state index contributed by atoms with van der Waals surface area (Å²) in [5, 5.41) is 0. The van der Waals surface area contributed by atoms with Gasteiger partial charge in [-0.3, -0.25) is 9.59 Å². The lowest BCUT2D eigenvalue weighted by molar-refractivity contribution is -0.158. The van der Waals surface area contributed by atoms with E-state index < -0.39 is 0 Å². The van der Waals surface area contributed by atoms with Crippen LogP contribution in [0.15, 0.2) is 0 Å². The van der Waals surface area contributed by atoms with Crippen molar-refractivity contribution in [2.24, 2.45) is 11.8 Å². The van der Waals surface area contributed by atoms with E-state index in [-0.39, 0.29) is 23.3 Å². The van der Waals surface area contributed by atoms with Crippen LogP contribution in [-0.2, 0) is 19.1 Å². The fourth-order valence-corrected chi connectivity index (χ4v) is 3.78. The van der Waals surface area contributed by atoms with Gasteiger partial charge >= 0.3 is 0 Å². The van der Waals surface area contributed by atoms with Crippen LogP contribution < -0.4 is 0 Å². The predicted octanol–water partition coefficient (Wildman–Crippen LogP) is 0.899. The number of hydrogen-bond donors (Lipinski definition) is 0. The maximum absolute atomic E-state index is 12.3. The van der Waals surface area contributed by atoms with Crippen molar-refractivity contribution in [2.45, 2.75) is 38.7 Å². The first-order chi connectivity index (χ1) is 11.0. The van der Waals surface area contributed by atoms with Gasteiger partial charge in [0.05, 0.1) is 32.9 Å². The van der Waals surface area contributed by atoms with E-state index in [1.165, 1.54) is 0 Å². The molecule has 1 atom stereocenters. The van der Waals surface area contributed by atoms with Crippen LogP contribution in [0, 0.1) is 11.8 Å². The molecule has 1 unspecified atom stereocenters. The minimum Gasteiger partial charge on any atom is -0.378 e. The molecular weight excluding hydrogens is 296 g/mol. The van der Waals surface area contributed by atoms with Crippen molar-refractivity contribution in [1.82, 2.24) is 9.80 Å². The molecular formula is C17H28N2O4. The number of nitrogens with zero attached hydrogens (tertiary/aromatic N) is 2. The number of carbonyl (C=O) groups excluding carboxylic acids is 2. The minimum absolute atomic E-state index is 0.178. The third-order valence-corrected chi connectivity index (χ3v) is 5.01. The number of morpholine rings is 1. The molecule has 23 heavy (non-hydrogen) atoms. The third-order valence-electron chi connectivity index (χ3n) is 5.01. The Hall–Kier alpha value is -1.14. The quantitative estimate of drug-likeness (QED) is 0.771. The largest absolute Gasteiger partial charge is 0.378 e. The molecule has 1 spiro atoms. The molecule has 3 heterocycles. The first-order valence-corrected chi connectivity index (χ1v) is 8.75. The van der Waals surface area contributed by atoms with Gasteiger partial charge in [-0.15, -0.1) is 0 Å². The van der Waals surface area contributed by atoms with Crippen molar-refractivity contribution in [3.63, 3.8) is 0 Å². The molecule has 0 radical (unpaired) electrons. The Bertz CT molecular complexity index is 454. The van der Waals surface area contributed by atoms with Gasteiger partial charge in [0, 0.05) is 25.9 Å². The van der Waals surface area contributed by atoms with E-state index in [1.807, 2.05) is 9.80 Å². The number of likely N-dealkylation sites (tertiary alicyclic amines) is 1. The summed E-state index contributed by atoms with van der Waals surface area (Å²) in [7, 11) is 0. The van der Waals surface area contributed by atoms with Crippen LogP contribution in [0.2, 0.25) is 0 Å². The van der Waals surface area contributed by atoms with Gasteiger partial charge in [-0.2, -0.15) is 0 Å². The molecule has 3 fully saturated rings. The van der Waals surface area contributed by atoms with Gasteiger partial charge in [-0.1, -0.05) is 13.8 Å². The molecule has 3 rings (SSSR count). The third kappa shape index (κ3) is 3.86. The Labute approximate surface area is 138 Å². The molecule has 3 aliphatic heterocycles. The van der Waals surface area contributed by atoms with E-state index in [1.54, 1.807) is 0 Å².